The molecule has 0 aliphatic rings. The van der Waals surface area contributed by atoms with Crippen molar-refractivity contribution in [2.24, 2.45) is 0 Å². The largest absolute Gasteiger partial charge is 0.545 e. The summed E-state index contributed by atoms with van der Waals surface area (Å²) in [5.74, 6) is -1.93. The van der Waals surface area contributed by atoms with Gasteiger partial charge in [0.15, 0.2) is 12.0 Å². The van der Waals surface area contributed by atoms with Gasteiger partial charge in [0.1, 0.15) is 5.75 Å². The van der Waals surface area contributed by atoms with Crippen LogP contribution in [0.25, 0.3) is 0 Å². The molecule has 0 saturated carbocycles. The van der Waals surface area contributed by atoms with Crippen molar-refractivity contribution in [3.63, 3.8) is 0 Å². The SMILES string of the molecule is CC(O)[N+](C)(C)C.CCCCCCCCCCCC(=O)c1ccc(O)c(C(=O)[O-])c1. The Bertz CT molecular complexity index is 635. The molecule has 0 radical (unpaired) electrons. The highest BCUT2D eigenvalue weighted by Crippen LogP contribution is 2.19. The number of nitrogens with zero attached hydrogens (tertiary/aromatic N) is 1. The quantitative estimate of drug-likeness (QED) is 0.217. The summed E-state index contributed by atoms with van der Waals surface area (Å²) in [5.41, 5.74) is -0.00973. The summed E-state index contributed by atoms with van der Waals surface area (Å²) in [6, 6.07) is 3.88. The number of ketones is 1. The molecule has 0 bridgehead atoms. The zero-order valence-electron chi connectivity index (χ0n) is 19.4. The second-order valence-corrected chi connectivity index (χ2v) is 8.77. The van der Waals surface area contributed by atoms with E-state index >= 15 is 0 Å². The summed E-state index contributed by atoms with van der Waals surface area (Å²) in [4.78, 5) is 22.9. The molecule has 0 spiro atoms. The second kappa shape index (κ2) is 15.0. The Morgan fingerprint density at radius 3 is 1.87 bits per heavy atom. The van der Waals surface area contributed by atoms with E-state index in [1.165, 1.54) is 56.7 Å². The van der Waals surface area contributed by atoms with Crippen LogP contribution in [0.15, 0.2) is 18.2 Å². The van der Waals surface area contributed by atoms with Gasteiger partial charge < -0.3 is 24.6 Å². The van der Waals surface area contributed by atoms with E-state index in [0.29, 0.717) is 16.5 Å². The second-order valence-electron chi connectivity index (χ2n) is 8.77. The lowest BCUT2D eigenvalue weighted by molar-refractivity contribution is -0.916. The smallest absolute Gasteiger partial charge is 0.187 e. The molecular formula is C24H41NO5. The summed E-state index contributed by atoms with van der Waals surface area (Å²) in [7, 11) is 5.85. The molecule has 1 unspecified atom stereocenters. The minimum atomic E-state index is -1.47. The monoisotopic (exact) mass is 423 g/mol. The first kappa shape index (κ1) is 28.1. The van der Waals surface area contributed by atoms with Crippen LogP contribution >= 0.6 is 0 Å². The summed E-state index contributed by atoms with van der Waals surface area (Å²) >= 11 is 0. The highest BCUT2D eigenvalue weighted by Gasteiger charge is 2.12. The number of phenols is 1. The molecule has 0 aliphatic carbocycles. The molecule has 0 aromatic heterocycles. The Labute approximate surface area is 182 Å². The minimum absolute atomic E-state index is 0.0876. The normalized spacial score (nSPS) is 12.1. The number of aliphatic hydroxyl groups is 1. The number of carboxylic acids is 1. The van der Waals surface area contributed by atoms with Gasteiger partial charge in [-0.05, 0) is 24.6 Å². The number of hydrogen-bond donors (Lipinski definition) is 2. The number of unbranched alkanes of at least 4 members (excludes halogenated alkanes) is 8. The van der Waals surface area contributed by atoms with E-state index in [-0.39, 0.29) is 23.3 Å². The predicted molar refractivity (Wildman–Crippen MR) is 118 cm³/mol. The van der Waals surface area contributed by atoms with Crippen LogP contribution in [0.2, 0.25) is 0 Å². The Balaban J connectivity index is 0.00000103. The minimum Gasteiger partial charge on any atom is -0.545 e. The van der Waals surface area contributed by atoms with E-state index in [1.54, 1.807) is 6.92 Å². The Morgan fingerprint density at radius 1 is 0.967 bits per heavy atom. The van der Waals surface area contributed by atoms with Crippen molar-refractivity contribution >= 4 is 11.8 Å². The number of rotatable bonds is 13. The van der Waals surface area contributed by atoms with Crippen molar-refractivity contribution in [1.29, 1.82) is 0 Å². The first-order chi connectivity index (χ1) is 14.0. The van der Waals surface area contributed by atoms with E-state index in [0.717, 1.165) is 19.3 Å². The molecule has 0 aliphatic heterocycles. The number of aliphatic hydroxyl groups excluding tert-OH is 1. The Hall–Kier alpha value is -1.92. The van der Waals surface area contributed by atoms with Gasteiger partial charge in [0.2, 0.25) is 0 Å². The lowest BCUT2D eigenvalue weighted by atomic mass is 10.0. The molecule has 0 amide bonds. The van der Waals surface area contributed by atoms with Crippen LogP contribution in [-0.4, -0.2) is 53.8 Å². The van der Waals surface area contributed by atoms with E-state index in [9.17, 15) is 19.8 Å². The number of aromatic hydroxyl groups is 1. The van der Waals surface area contributed by atoms with E-state index in [1.807, 2.05) is 21.1 Å². The van der Waals surface area contributed by atoms with Crippen LogP contribution in [0.5, 0.6) is 5.75 Å². The maximum Gasteiger partial charge on any atom is 0.187 e. The topological polar surface area (TPSA) is 97.7 Å². The molecule has 30 heavy (non-hydrogen) atoms. The van der Waals surface area contributed by atoms with Crippen molar-refractivity contribution in [2.45, 2.75) is 84.3 Å². The molecule has 1 aromatic rings. The van der Waals surface area contributed by atoms with Gasteiger partial charge in [0, 0.05) is 24.5 Å². The first-order valence-electron chi connectivity index (χ1n) is 11.1. The van der Waals surface area contributed by atoms with Gasteiger partial charge in [-0.1, -0.05) is 58.3 Å². The third-order valence-corrected chi connectivity index (χ3v) is 5.17. The van der Waals surface area contributed by atoms with Gasteiger partial charge in [0.25, 0.3) is 0 Å². The van der Waals surface area contributed by atoms with Crippen LogP contribution in [-0.2, 0) is 0 Å². The number of hydrogen-bond acceptors (Lipinski definition) is 5. The van der Waals surface area contributed by atoms with E-state index < -0.39 is 5.97 Å². The fourth-order valence-electron chi connectivity index (χ4n) is 2.61. The van der Waals surface area contributed by atoms with Gasteiger partial charge in [-0.2, -0.15) is 0 Å². The highest BCUT2D eigenvalue weighted by atomic mass is 16.4. The van der Waals surface area contributed by atoms with Crippen LogP contribution in [0.1, 0.15) is 98.8 Å². The summed E-state index contributed by atoms with van der Waals surface area (Å²) < 4.78 is 0.611. The third kappa shape index (κ3) is 12.6. The number of benzene rings is 1. The zero-order valence-corrected chi connectivity index (χ0v) is 19.4. The molecule has 172 valence electrons. The van der Waals surface area contributed by atoms with Crippen LogP contribution in [0, 0.1) is 0 Å². The van der Waals surface area contributed by atoms with Gasteiger partial charge in [0.05, 0.1) is 27.1 Å². The number of quaternary nitrogens is 1. The van der Waals surface area contributed by atoms with Gasteiger partial charge in [-0.3, -0.25) is 4.79 Å². The maximum absolute atomic E-state index is 12.0. The molecule has 6 heteroatoms. The van der Waals surface area contributed by atoms with Crippen molar-refractivity contribution in [2.75, 3.05) is 21.1 Å². The van der Waals surface area contributed by atoms with E-state index in [4.69, 9.17) is 5.11 Å². The zero-order chi connectivity index (χ0) is 23.2. The van der Waals surface area contributed by atoms with Crippen LogP contribution in [0.4, 0.5) is 0 Å². The van der Waals surface area contributed by atoms with Gasteiger partial charge in [-0.25, -0.2) is 0 Å². The van der Waals surface area contributed by atoms with Crippen molar-refractivity contribution in [1.82, 2.24) is 0 Å². The van der Waals surface area contributed by atoms with Crippen molar-refractivity contribution < 1.29 is 29.4 Å². The van der Waals surface area contributed by atoms with Crippen molar-refractivity contribution in [3.8, 4) is 5.75 Å². The third-order valence-electron chi connectivity index (χ3n) is 5.17. The fourth-order valence-corrected chi connectivity index (χ4v) is 2.61. The Morgan fingerprint density at radius 2 is 1.43 bits per heavy atom. The predicted octanol–water partition coefficient (Wildman–Crippen LogP) is 3.89. The van der Waals surface area contributed by atoms with Gasteiger partial charge >= 0.3 is 0 Å². The number of aromatic carboxylic acids is 1. The molecular weight excluding hydrogens is 382 g/mol. The molecule has 6 nitrogen and oxygen atoms in total. The summed E-state index contributed by atoms with van der Waals surface area (Å²) in [6.07, 6.45) is 10.8. The molecule has 2 N–H and O–H groups in total. The van der Waals surface area contributed by atoms with Crippen LogP contribution in [0.3, 0.4) is 0 Å². The van der Waals surface area contributed by atoms with Crippen molar-refractivity contribution in [3.05, 3.63) is 29.3 Å². The lowest BCUT2D eigenvalue weighted by Gasteiger charge is -2.26. The molecule has 0 heterocycles. The average molecular weight is 424 g/mol. The highest BCUT2D eigenvalue weighted by molar-refractivity contribution is 5.99. The molecule has 1 atom stereocenters. The number of carbonyl (C=O) groups is 2. The average Bonchev–Trinajstić information content (AvgIpc) is 2.66. The molecule has 0 fully saturated rings. The maximum atomic E-state index is 12.0. The summed E-state index contributed by atoms with van der Waals surface area (Å²) in [6.45, 7) is 3.99. The number of Topliss-reactive ketones (excluding diaryl/α,β-unsaturated/α-hetero) is 1. The lowest BCUT2D eigenvalue weighted by Crippen LogP contribution is -2.42. The Kier molecular flexibility index (Phi) is 14.0. The summed E-state index contributed by atoms with van der Waals surface area (Å²) in [5, 5.41) is 29.1. The number of carbonyl (C=O) groups excluding carboxylic acids is 2. The standard InChI is InChI=1S/C19H28O4.C5H14NO/c1-2-3-4-5-6-7-8-9-10-11-17(20)15-12-13-18(21)16(14-15)19(22)23;1-5(7)6(2,3)4/h12-14,21H,2-11H2,1H3,(H,22,23);5,7H,1-4H3/q;+1/p-1. The first-order valence-corrected chi connectivity index (χ1v) is 11.1. The van der Waals surface area contributed by atoms with E-state index in [2.05, 4.69) is 6.92 Å². The molecule has 1 aromatic carbocycles. The molecule has 1 rings (SSSR count). The number of carboxylic acid groups (broad SMARTS) is 1. The fraction of sp³-hybridized carbons (Fsp3) is 0.667. The molecule has 0 saturated heterocycles. The van der Waals surface area contributed by atoms with Gasteiger partial charge in [-0.15, -0.1) is 0 Å². The van der Waals surface area contributed by atoms with Crippen LogP contribution < -0.4 is 5.11 Å².